The minimum atomic E-state index is -0.560. The van der Waals surface area contributed by atoms with Gasteiger partial charge in [0.15, 0.2) is 0 Å². The van der Waals surface area contributed by atoms with E-state index in [1.807, 2.05) is 0 Å². The molecule has 0 aromatic rings. The molecule has 3 N–H and O–H groups in total. The highest BCUT2D eigenvalue weighted by atomic mass is 16.2. The summed E-state index contributed by atoms with van der Waals surface area (Å²) in [6.45, 7) is 2.22. The van der Waals surface area contributed by atoms with Crippen molar-refractivity contribution >= 4 is 17.7 Å². The smallest absolute Gasteiger partial charge is 0.249 e. The zero-order valence-corrected chi connectivity index (χ0v) is 10.1. The Bertz CT molecular complexity index is 317. The van der Waals surface area contributed by atoms with Crippen molar-refractivity contribution in [3.8, 4) is 0 Å². The Morgan fingerprint density at radius 2 is 2.12 bits per heavy atom. The maximum atomic E-state index is 11.8. The number of nitrogens with one attached hydrogen (secondary N) is 1. The summed E-state index contributed by atoms with van der Waals surface area (Å²) in [4.78, 5) is 35.7. The highest BCUT2D eigenvalue weighted by molar-refractivity contribution is 6.04. The first-order valence-electron chi connectivity index (χ1n) is 5.89. The van der Waals surface area contributed by atoms with E-state index in [9.17, 15) is 14.4 Å². The van der Waals surface area contributed by atoms with Gasteiger partial charge in [0.1, 0.15) is 12.6 Å². The van der Waals surface area contributed by atoms with Crippen molar-refractivity contribution in [2.24, 2.45) is 5.73 Å². The lowest BCUT2D eigenvalue weighted by atomic mass is 10.1. The Hall–Kier alpha value is -1.43. The molecule has 1 heterocycles. The molecule has 1 fully saturated rings. The average Bonchev–Trinajstić information content (AvgIpc) is 2.29. The van der Waals surface area contributed by atoms with E-state index in [1.165, 1.54) is 4.90 Å². The van der Waals surface area contributed by atoms with Gasteiger partial charge in [-0.2, -0.15) is 0 Å². The number of carbonyl (C=O) groups excluding carboxylic acids is 3. The number of rotatable bonds is 5. The quantitative estimate of drug-likeness (QED) is 0.495. The van der Waals surface area contributed by atoms with Gasteiger partial charge in [-0.3, -0.25) is 19.7 Å². The molecule has 96 valence electrons. The van der Waals surface area contributed by atoms with Crippen LogP contribution in [0.3, 0.4) is 0 Å². The lowest BCUT2D eigenvalue weighted by Gasteiger charge is -2.31. The molecule has 0 aromatic heterocycles. The zero-order valence-electron chi connectivity index (χ0n) is 10.1. The molecule has 6 nitrogen and oxygen atoms in total. The van der Waals surface area contributed by atoms with Crippen LogP contribution in [0.15, 0.2) is 0 Å². The van der Waals surface area contributed by atoms with E-state index in [1.54, 1.807) is 6.92 Å². The number of piperazine rings is 1. The zero-order chi connectivity index (χ0) is 12.8. The monoisotopic (exact) mass is 241 g/mol. The van der Waals surface area contributed by atoms with Crippen LogP contribution in [-0.2, 0) is 14.4 Å². The first kappa shape index (κ1) is 13.6. The summed E-state index contributed by atoms with van der Waals surface area (Å²) >= 11 is 0. The van der Waals surface area contributed by atoms with Gasteiger partial charge in [-0.1, -0.05) is 6.42 Å². The van der Waals surface area contributed by atoms with Gasteiger partial charge in [0.25, 0.3) is 0 Å². The number of unbranched alkanes of at least 4 members (excludes halogenated alkanes) is 2. The van der Waals surface area contributed by atoms with Gasteiger partial charge >= 0.3 is 0 Å². The van der Waals surface area contributed by atoms with Crippen LogP contribution in [0.25, 0.3) is 0 Å². The van der Waals surface area contributed by atoms with E-state index in [2.05, 4.69) is 5.32 Å². The first-order valence-corrected chi connectivity index (χ1v) is 5.89. The third kappa shape index (κ3) is 3.81. The predicted octanol–water partition coefficient (Wildman–Crippen LogP) is -0.621. The van der Waals surface area contributed by atoms with Crippen molar-refractivity contribution in [3.05, 3.63) is 0 Å². The summed E-state index contributed by atoms with van der Waals surface area (Å²) in [6, 6.07) is -0.560. The fraction of sp³-hybridized carbons (Fsp3) is 0.727. The van der Waals surface area contributed by atoms with Gasteiger partial charge in [-0.25, -0.2) is 0 Å². The van der Waals surface area contributed by atoms with E-state index >= 15 is 0 Å². The third-order valence-corrected chi connectivity index (χ3v) is 2.84. The molecular weight excluding hydrogens is 222 g/mol. The fourth-order valence-electron chi connectivity index (χ4n) is 1.76. The maximum Gasteiger partial charge on any atom is 0.249 e. The van der Waals surface area contributed by atoms with Crippen molar-refractivity contribution in [3.63, 3.8) is 0 Å². The fourth-order valence-corrected chi connectivity index (χ4v) is 1.76. The minimum Gasteiger partial charge on any atom is -0.330 e. The highest BCUT2D eigenvalue weighted by Crippen LogP contribution is 2.09. The van der Waals surface area contributed by atoms with Gasteiger partial charge in [0.2, 0.25) is 17.7 Å². The van der Waals surface area contributed by atoms with Crippen LogP contribution in [0, 0.1) is 0 Å². The Labute approximate surface area is 101 Å². The van der Waals surface area contributed by atoms with Crippen LogP contribution in [0.2, 0.25) is 0 Å². The number of hydrogen-bond donors (Lipinski definition) is 2. The van der Waals surface area contributed by atoms with Crippen LogP contribution in [0.4, 0.5) is 0 Å². The van der Waals surface area contributed by atoms with Crippen molar-refractivity contribution in [2.75, 3.05) is 13.1 Å². The Morgan fingerprint density at radius 3 is 2.76 bits per heavy atom. The van der Waals surface area contributed by atoms with Crippen LogP contribution >= 0.6 is 0 Å². The number of nitrogens with two attached hydrogens (primary N) is 1. The summed E-state index contributed by atoms with van der Waals surface area (Å²) in [6.07, 6.45) is 2.90. The van der Waals surface area contributed by atoms with E-state index in [-0.39, 0.29) is 12.5 Å². The summed E-state index contributed by atoms with van der Waals surface area (Å²) in [5, 5.41) is 2.20. The molecule has 6 heteroatoms. The molecule has 3 amide bonds. The topological polar surface area (TPSA) is 92.5 Å². The standard InChI is InChI=1S/C11H19N3O3/c1-8-11(17)13-9(15)7-14(8)10(16)5-3-2-4-6-12/h8H,2-7,12H2,1H3,(H,13,15,17). The number of amides is 3. The van der Waals surface area contributed by atoms with Crippen LogP contribution in [-0.4, -0.2) is 41.8 Å². The number of hydrogen-bond acceptors (Lipinski definition) is 4. The van der Waals surface area contributed by atoms with Crippen molar-refractivity contribution in [2.45, 2.75) is 38.6 Å². The molecule has 1 unspecified atom stereocenters. The third-order valence-electron chi connectivity index (χ3n) is 2.84. The molecule has 1 aliphatic heterocycles. The molecule has 1 rings (SSSR count). The average molecular weight is 241 g/mol. The van der Waals surface area contributed by atoms with Crippen molar-refractivity contribution in [1.82, 2.24) is 10.2 Å². The Morgan fingerprint density at radius 1 is 1.41 bits per heavy atom. The molecule has 1 atom stereocenters. The molecule has 1 aliphatic rings. The van der Waals surface area contributed by atoms with Crippen molar-refractivity contribution in [1.29, 1.82) is 0 Å². The van der Waals surface area contributed by atoms with Gasteiger partial charge in [0.05, 0.1) is 0 Å². The van der Waals surface area contributed by atoms with Crippen molar-refractivity contribution < 1.29 is 14.4 Å². The second kappa shape index (κ2) is 6.34. The summed E-state index contributed by atoms with van der Waals surface area (Å²) in [5.74, 6) is -0.960. The Kier molecular flexibility index (Phi) is 5.09. The number of imide groups is 1. The molecule has 0 bridgehead atoms. The second-order valence-electron chi connectivity index (χ2n) is 4.21. The Balaban J connectivity index is 2.44. The predicted molar refractivity (Wildman–Crippen MR) is 61.8 cm³/mol. The number of carbonyl (C=O) groups is 3. The van der Waals surface area contributed by atoms with E-state index in [4.69, 9.17) is 5.73 Å². The lowest BCUT2D eigenvalue weighted by molar-refractivity contribution is -0.149. The van der Waals surface area contributed by atoms with Gasteiger partial charge in [-0.15, -0.1) is 0 Å². The SMILES string of the molecule is CC1C(=O)NC(=O)CN1C(=O)CCCCCN. The number of nitrogens with zero attached hydrogens (tertiary/aromatic N) is 1. The molecule has 17 heavy (non-hydrogen) atoms. The first-order chi connectivity index (χ1) is 8.06. The van der Waals surface area contributed by atoms with Crippen LogP contribution < -0.4 is 11.1 Å². The van der Waals surface area contributed by atoms with E-state index < -0.39 is 17.9 Å². The van der Waals surface area contributed by atoms with Crippen LogP contribution in [0.1, 0.15) is 32.6 Å². The largest absolute Gasteiger partial charge is 0.330 e. The van der Waals surface area contributed by atoms with E-state index in [0.717, 1.165) is 19.3 Å². The molecule has 1 saturated heterocycles. The maximum absolute atomic E-state index is 11.8. The van der Waals surface area contributed by atoms with E-state index in [0.29, 0.717) is 13.0 Å². The summed E-state index contributed by atoms with van der Waals surface area (Å²) in [7, 11) is 0. The summed E-state index contributed by atoms with van der Waals surface area (Å²) in [5.41, 5.74) is 5.35. The molecular formula is C11H19N3O3. The highest BCUT2D eigenvalue weighted by Gasteiger charge is 2.32. The summed E-state index contributed by atoms with van der Waals surface area (Å²) < 4.78 is 0. The van der Waals surface area contributed by atoms with Gasteiger partial charge in [0, 0.05) is 6.42 Å². The molecule has 0 radical (unpaired) electrons. The minimum absolute atomic E-state index is 0.0252. The lowest BCUT2D eigenvalue weighted by Crippen LogP contribution is -2.58. The second-order valence-corrected chi connectivity index (χ2v) is 4.21. The molecule has 0 spiro atoms. The molecule has 0 aromatic carbocycles. The van der Waals surface area contributed by atoms with Gasteiger partial charge < -0.3 is 10.6 Å². The van der Waals surface area contributed by atoms with Crippen LogP contribution in [0.5, 0.6) is 0 Å². The van der Waals surface area contributed by atoms with Gasteiger partial charge in [-0.05, 0) is 26.3 Å². The molecule has 0 aliphatic carbocycles. The molecule has 0 saturated carbocycles. The normalized spacial score (nSPS) is 20.4.